The second kappa shape index (κ2) is 7.89. The molecule has 0 aliphatic rings. The molecule has 0 spiro atoms. The van der Waals surface area contributed by atoms with Crippen molar-refractivity contribution in [2.24, 2.45) is 0 Å². The van der Waals surface area contributed by atoms with Crippen LogP contribution in [0.1, 0.15) is 11.4 Å². The zero-order valence-electron chi connectivity index (χ0n) is 14.5. The highest BCUT2D eigenvalue weighted by Crippen LogP contribution is 2.21. The second-order valence-electron chi connectivity index (χ2n) is 6.14. The molecule has 4 nitrogen and oxygen atoms in total. The zero-order valence-corrected chi connectivity index (χ0v) is 18.3. The molecule has 0 bridgehead atoms. The van der Waals surface area contributed by atoms with E-state index < -0.39 is 0 Å². The Kier molecular flexibility index (Phi) is 5.32. The molecule has 3 aromatic carbocycles. The van der Waals surface area contributed by atoms with Gasteiger partial charge in [0, 0.05) is 13.6 Å². The van der Waals surface area contributed by atoms with Gasteiger partial charge in [-0.3, -0.25) is 9.36 Å². The standard InChI is InChI=1S/C22H14BrIN2O2/c23-15-6-9-17(10-7-15)26-21(12-5-14-3-1-2-4-20(14)27)25-19-11-8-16(24)13-18(19)22(26)28/h1-13,27H/b12-5+. The maximum absolute atomic E-state index is 13.3. The van der Waals surface area contributed by atoms with Crippen molar-refractivity contribution in [1.82, 2.24) is 9.55 Å². The summed E-state index contributed by atoms with van der Waals surface area (Å²) in [4.78, 5) is 18.0. The van der Waals surface area contributed by atoms with Crippen molar-refractivity contribution in [2.45, 2.75) is 0 Å². The average Bonchev–Trinajstić information content (AvgIpc) is 2.69. The van der Waals surface area contributed by atoms with Crippen LogP contribution in [0.25, 0.3) is 28.7 Å². The lowest BCUT2D eigenvalue weighted by Gasteiger charge is -2.12. The molecule has 4 aromatic rings. The predicted octanol–water partition coefficient (Wildman–Crippen LogP) is 5.63. The van der Waals surface area contributed by atoms with Gasteiger partial charge in [-0.1, -0.05) is 34.1 Å². The first-order valence-corrected chi connectivity index (χ1v) is 10.3. The molecule has 138 valence electrons. The maximum Gasteiger partial charge on any atom is 0.266 e. The first-order valence-electron chi connectivity index (χ1n) is 8.47. The number of nitrogens with zero attached hydrogens (tertiary/aromatic N) is 2. The van der Waals surface area contributed by atoms with Gasteiger partial charge in [-0.15, -0.1) is 0 Å². The van der Waals surface area contributed by atoms with Crippen LogP contribution in [0, 0.1) is 3.57 Å². The molecule has 4 rings (SSSR count). The van der Waals surface area contributed by atoms with Gasteiger partial charge in [0.1, 0.15) is 11.6 Å². The average molecular weight is 545 g/mol. The lowest BCUT2D eigenvalue weighted by atomic mass is 10.2. The number of phenolic OH excluding ortho intramolecular Hbond substituents is 1. The van der Waals surface area contributed by atoms with Gasteiger partial charge in [0.15, 0.2) is 0 Å². The molecule has 1 aromatic heterocycles. The minimum atomic E-state index is -0.136. The molecule has 0 saturated carbocycles. The van der Waals surface area contributed by atoms with E-state index in [1.54, 1.807) is 34.9 Å². The van der Waals surface area contributed by atoms with E-state index >= 15 is 0 Å². The number of fused-ring (bicyclic) bond motifs is 1. The molecule has 28 heavy (non-hydrogen) atoms. The molecule has 0 aliphatic heterocycles. The minimum absolute atomic E-state index is 0.136. The van der Waals surface area contributed by atoms with E-state index in [1.807, 2.05) is 48.5 Å². The highest BCUT2D eigenvalue weighted by Gasteiger charge is 2.12. The van der Waals surface area contributed by atoms with E-state index in [-0.39, 0.29) is 11.3 Å². The smallest absolute Gasteiger partial charge is 0.266 e. The Balaban J connectivity index is 1.97. The van der Waals surface area contributed by atoms with Gasteiger partial charge in [0.05, 0.1) is 16.6 Å². The van der Waals surface area contributed by atoms with E-state index in [9.17, 15) is 9.90 Å². The number of hydrogen-bond donors (Lipinski definition) is 1. The molecule has 0 amide bonds. The van der Waals surface area contributed by atoms with Gasteiger partial charge in [-0.05, 0) is 83.3 Å². The minimum Gasteiger partial charge on any atom is -0.507 e. The van der Waals surface area contributed by atoms with Crippen molar-refractivity contribution < 1.29 is 5.11 Å². The summed E-state index contributed by atoms with van der Waals surface area (Å²) in [6.07, 6.45) is 3.50. The van der Waals surface area contributed by atoms with Crippen molar-refractivity contribution in [1.29, 1.82) is 0 Å². The SMILES string of the molecule is O=c1c2cc(I)ccc2nc(/C=C/c2ccccc2O)n1-c1ccc(Br)cc1. The fraction of sp³-hybridized carbons (Fsp3) is 0. The summed E-state index contributed by atoms with van der Waals surface area (Å²) in [7, 11) is 0. The summed E-state index contributed by atoms with van der Waals surface area (Å²) < 4.78 is 3.49. The number of rotatable bonds is 3. The first kappa shape index (κ1) is 18.9. The second-order valence-corrected chi connectivity index (χ2v) is 8.30. The van der Waals surface area contributed by atoms with Crippen LogP contribution in [0.2, 0.25) is 0 Å². The Bertz CT molecular complexity index is 1260. The van der Waals surface area contributed by atoms with Crippen molar-refractivity contribution in [3.63, 3.8) is 0 Å². The summed E-state index contributed by atoms with van der Waals surface area (Å²) in [5.41, 5.74) is 1.87. The highest BCUT2D eigenvalue weighted by atomic mass is 127. The summed E-state index contributed by atoms with van der Waals surface area (Å²) in [6.45, 7) is 0. The molecule has 0 radical (unpaired) electrons. The Labute approximate surface area is 183 Å². The summed E-state index contributed by atoms with van der Waals surface area (Å²) in [6, 6.07) is 20.2. The van der Waals surface area contributed by atoms with Gasteiger partial charge < -0.3 is 5.11 Å². The number of benzene rings is 3. The molecule has 0 saturated heterocycles. The van der Waals surface area contributed by atoms with Crippen molar-refractivity contribution in [3.8, 4) is 11.4 Å². The van der Waals surface area contributed by atoms with Crippen LogP contribution in [-0.2, 0) is 0 Å². The molecular weight excluding hydrogens is 531 g/mol. The van der Waals surface area contributed by atoms with Crippen LogP contribution in [0.3, 0.4) is 0 Å². The Morgan fingerprint density at radius 2 is 1.75 bits per heavy atom. The summed E-state index contributed by atoms with van der Waals surface area (Å²) in [5.74, 6) is 0.663. The van der Waals surface area contributed by atoms with Gasteiger partial charge in [-0.2, -0.15) is 0 Å². The van der Waals surface area contributed by atoms with E-state index in [2.05, 4.69) is 38.5 Å². The van der Waals surface area contributed by atoms with E-state index in [4.69, 9.17) is 4.98 Å². The topological polar surface area (TPSA) is 55.1 Å². The van der Waals surface area contributed by atoms with Crippen LogP contribution < -0.4 is 5.56 Å². The largest absolute Gasteiger partial charge is 0.507 e. The quantitative estimate of drug-likeness (QED) is 0.340. The van der Waals surface area contributed by atoms with Crippen molar-refractivity contribution >= 4 is 61.6 Å². The third-order valence-corrected chi connectivity index (χ3v) is 5.49. The number of aromatic nitrogens is 2. The number of aromatic hydroxyl groups is 1. The van der Waals surface area contributed by atoms with Crippen LogP contribution in [0.15, 0.2) is 76.0 Å². The summed E-state index contributed by atoms with van der Waals surface area (Å²) in [5, 5.41) is 10.6. The lowest BCUT2D eigenvalue weighted by Crippen LogP contribution is -2.22. The summed E-state index contributed by atoms with van der Waals surface area (Å²) >= 11 is 5.62. The number of para-hydroxylation sites is 1. The van der Waals surface area contributed by atoms with Gasteiger partial charge in [0.2, 0.25) is 0 Å². The van der Waals surface area contributed by atoms with Gasteiger partial charge >= 0.3 is 0 Å². The molecule has 0 atom stereocenters. The highest BCUT2D eigenvalue weighted by molar-refractivity contribution is 14.1. The fourth-order valence-corrected chi connectivity index (χ4v) is 3.67. The van der Waals surface area contributed by atoms with E-state index in [0.717, 1.165) is 13.7 Å². The van der Waals surface area contributed by atoms with Crippen molar-refractivity contribution in [2.75, 3.05) is 0 Å². The first-order chi connectivity index (χ1) is 13.5. The van der Waals surface area contributed by atoms with Crippen LogP contribution in [0.4, 0.5) is 0 Å². The Hall–Kier alpha value is -2.45. The zero-order chi connectivity index (χ0) is 19.7. The third-order valence-electron chi connectivity index (χ3n) is 4.29. The number of hydrogen-bond acceptors (Lipinski definition) is 3. The van der Waals surface area contributed by atoms with Crippen LogP contribution in [0.5, 0.6) is 5.75 Å². The van der Waals surface area contributed by atoms with Gasteiger partial charge in [0.25, 0.3) is 5.56 Å². The monoisotopic (exact) mass is 544 g/mol. The molecule has 6 heteroatoms. The molecule has 1 N–H and O–H groups in total. The van der Waals surface area contributed by atoms with Crippen LogP contribution >= 0.6 is 38.5 Å². The molecule has 1 heterocycles. The molecule has 0 unspecified atom stereocenters. The van der Waals surface area contributed by atoms with E-state index in [1.165, 1.54) is 0 Å². The molecule has 0 fully saturated rings. The Morgan fingerprint density at radius 1 is 1.00 bits per heavy atom. The normalized spacial score (nSPS) is 11.4. The lowest BCUT2D eigenvalue weighted by molar-refractivity contribution is 0.474. The maximum atomic E-state index is 13.3. The van der Waals surface area contributed by atoms with Crippen LogP contribution in [-0.4, -0.2) is 14.7 Å². The van der Waals surface area contributed by atoms with Gasteiger partial charge in [-0.25, -0.2) is 4.98 Å². The molecule has 0 aliphatic carbocycles. The Morgan fingerprint density at radius 3 is 2.50 bits per heavy atom. The third kappa shape index (κ3) is 3.74. The fourth-order valence-electron chi connectivity index (χ4n) is 2.92. The molecular formula is C22H14BrIN2O2. The number of halogens is 2. The van der Waals surface area contributed by atoms with E-state index in [0.29, 0.717) is 22.3 Å². The predicted molar refractivity (Wildman–Crippen MR) is 125 cm³/mol. The van der Waals surface area contributed by atoms with Crippen molar-refractivity contribution in [3.05, 3.63) is 96.5 Å². The number of phenols is 1.